The van der Waals surface area contributed by atoms with Gasteiger partial charge in [-0.1, -0.05) is 26.7 Å². The van der Waals surface area contributed by atoms with Crippen molar-refractivity contribution >= 4 is 6.16 Å². The molecule has 0 aliphatic heterocycles. The van der Waals surface area contributed by atoms with E-state index in [2.05, 4.69) is 25.7 Å². The zero-order valence-corrected chi connectivity index (χ0v) is 8.34. The van der Waals surface area contributed by atoms with E-state index in [4.69, 9.17) is 15.0 Å². The molecule has 3 nitrogen and oxygen atoms in total. The third kappa shape index (κ3) is 36.2. The molecular formula is C10H18O3. The highest BCUT2D eigenvalue weighted by molar-refractivity contribution is 5.53. The zero-order valence-electron chi connectivity index (χ0n) is 8.34. The Morgan fingerprint density at radius 2 is 1.69 bits per heavy atom. The van der Waals surface area contributed by atoms with Gasteiger partial charge in [-0.2, -0.15) is 0 Å². The molecule has 13 heavy (non-hydrogen) atoms. The van der Waals surface area contributed by atoms with Gasteiger partial charge in [-0.25, -0.2) is 4.79 Å². The van der Waals surface area contributed by atoms with Crippen molar-refractivity contribution in [1.29, 1.82) is 0 Å². The number of rotatable bonds is 3. The lowest BCUT2D eigenvalue weighted by molar-refractivity contribution is 0.137. The summed E-state index contributed by atoms with van der Waals surface area (Å²) in [6.45, 7) is 4.31. The lowest BCUT2D eigenvalue weighted by Crippen LogP contribution is -1.81. The minimum absolute atomic E-state index is 1.01. The summed E-state index contributed by atoms with van der Waals surface area (Å²) < 4.78 is 0. The fraction of sp³-hybridized carbons (Fsp3) is 0.700. The number of hydrogen-bond acceptors (Lipinski definition) is 1. The van der Waals surface area contributed by atoms with Gasteiger partial charge in [0.1, 0.15) is 0 Å². The SMILES string of the molecule is CCC#CCCCCC.O=C(O)O. The maximum Gasteiger partial charge on any atom is 0.503 e. The van der Waals surface area contributed by atoms with E-state index in [1.807, 2.05) is 0 Å². The molecule has 76 valence electrons. The van der Waals surface area contributed by atoms with Crippen LogP contribution in [-0.2, 0) is 0 Å². The predicted molar refractivity (Wildman–Crippen MR) is 52.9 cm³/mol. The molecule has 0 bridgehead atoms. The molecule has 0 heterocycles. The minimum Gasteiger partial charge on any atom is -0.450 e. The Balaban J connectivity index is 0. The molecular weight excluding hydrogens is 168 g/mol. The van der Waals surface area contributed by atoms with Crippen LogP contribution in [0.25, 0.3) is 0 Å². The Morgan fingerprint density at radius 3 is 2.08 bits per heavy atom. The first-order valence-electron chi connectivity index (χ1n) is 4.52. The molecule has 0 atom stereocenters. The molecule has 0 saturated heterocycles. The van der Waals surface area contributed by atoms with Crippen LogP contribution in [0.2, 0.25) is 0 Å². The van der Waals surface area contributed by atoms with Gasteiger partial charge < -0.3 is 10.2 Å². The molecule has 0 saturated carbocycles. The third-order valence-corrected chi connectivity index (χ3v) is 1.21. The highest BCUT2D eigenvalue weighted by Crippen LogP contribution is 1.96. The van der Waals surface area contributed by atoms with Gasteiger partial charge in [0.15, 0.2) is 0 Å². The molecule has 3 heteroatoms. The highest BCUT2D eigenvalue weighted by Gasteiger charge is 1.79. The standard InChI is InChI=1S/C9H16.CH2O3/c1-3-5-7-9-8-6-4-2;2-1(3)4/h3-5,7,9H2,1-2H3;(H2,2,3,4). The first-order valence-corrected chi connectivity index (χ1v) is 4.52. The Labute approximate surface area is 79.8 Å². The molecule has 0 fully saturated rings. The molecule has 0 aliphatic carbocycles. The van der Waals surface area contributed by atoms with Gasteiger partial charge >= 0.3 is 6.16 Å². The highest BCUT2D eigenvalue weighted by atomic mass is 16.6. The van der Waals surface area contributed by atoms with Crippen LogP contribution in [0.3, 0.4) is 0 Å². The molecule has 0 aromatic carbocycles. The smallest absolute Gasteiger partial charge is 0.450 e. The fourth-order valence-electron chi connectivity index (χ4n) is 0.677. The van der Waals surface area contributed by atoms with E-state index in [1.165, 1.54) is 19.3 Å². The topological polar surface area (TPSA) is 57.5 Å². The normalized spacial score (nSPS) is 7.54. The maximum absolute atomic E-state index is 8.56. The molecule has 0 aromatic heterocycles. The summed E-state index contributed by atoms with van der Waals surface area (Å²) in [7, 11) is 0. The molecule has 0 spiro atoms. The minimum atomic E-state index is -1.83. The number of unbranched alkanes of at least 4 members (excludes halogenated alkanes) is 3. The van der Waals surface area contributed by atoms with E-state index >= 15 is 0 Å². The van der Waals surface area contributed by atoms with Crippen molar-refractivity contribution in [2.24, 2.45) is 0 Å². The average Bonchev–Trinajstić information content (AvgIpc) is 2.03. The van der Waals surface area contributed by atoms with Crippen molar-refractivity contribution in [2.75, 3.05) is 0 Å². The Morgan fingerprint density at radius 1 is 1.15 bits per heavy atom. The molecule has 0 aliphatic rings. The molecule has 0 amide bonds. The summed E-state index contributed by atoms with van der Waals surface area (Å²) in [4.78, 5) is 8.56. The second-order valence-corrected chi connectivity index (χ2v) is 2.45. The number of carbonyl (C=O) groups is 1. The van der Waals surface area contributed by atoms with E-state index in [0.717, 1.165) is 12.8 Å². The van der Waals surface area contributed by atoms with Gasteiger partial charge in [0, 0.05) is 12.8 Å². The van der Waals surface area contributed by atoms with Crippen LogP contribution in [0.15, 0.2) is 0 Å². The van der Waals surface area contributed by atoms with E-state index < -0.39 is 6.16 Å². The van der Waals surface area contributed by atoms with Gasteiger partial charge in [-0.15, -0.1) is 11.8 Å². The van der Waals surface area contributed by atoms with Crippen molar-refractivity contribution in [3.05, 3.63) is 0 Å². The Bertz CT molecular complexity index is 161. The van der Waals surface area contributed by atoms with Crippen LogP contribution in [0.4, 0.5) is 4.79 Å². The van der Waals surface area contributed by atoms with Gasteiger partial charge in [0.2, 0.25) is 0 Å². The van der Waals surface area contributed by atoms with Gasteiger partial charge in [0.25, 0.3) is 0 Å². The first-order chi connectivity index (χ1) is 6.15. The number of carboxylic acid groups (broad SMARTS) is 2. The van der Waals surface area contributed by atoms with Crippen molar-refractivity contribution in [2.45, 2.75) is 46.0 Å². The molecule has 0 radical (unpaired) electrons. The summed E-state index contributed by atoms with van der Waals surface area (Å²) in [6.07, 6.45) is 4.18. The van der Waals surface area contributed by atoms with Crippen LogP contribution in [-0.4, -0.2) is 16.4 Å². The largest absolute Gasteiger partial charge is 0.503 e. The van der Waals surface area contributed by atoms with E-state index in [-0.39, 0.29) is 0 Å². The lowest BCUT2D eigenvalue weighted by atomic mass is 10.2. The quantitative estimate of drug-likeness (QED) is 0.525. The lowest BCUT2D eigenvalue weighted by Gasteiger charge is -1.87. The van der Waals surface area contributed by atoms with Crippen LogP contribution in [0.1, 0.15) is 46.0 Å². The van der Waals surface area contributed by atoms with Crippen LogP contribution in [0, 0.1) is 11.8 Å². The first kappa shape index (κ1) is 14.4. The van der Waals surface area contributed by atoms with Gasteiger partial charge in [-0.05, 0) is 6.42 Å². The fourth-order valence-corrected chi connectivity index (χ4v) is 0.677. The third-order valence-electron chi connectivity index (χ3n) is 1.21. The monoisotopic (exact) mass is 186 g/mol. The van der Waals surface area contributed by atoms with Crippen LogP contribution in [0.5, 0.6) is 0 Å². The van der Waals surface area contributed by atoms with Crippen molar-refractivity contribution in [1.82, 2.24) is 0 Å². The van der Waals surface area contributed by atoms with Gasteiger partial charge in [0.05, 0.1) is 0 Å². The molecule has 0 rings (SSSR count). The summed E-state index contributed by atoms with van der Waals surface area (Å²) in [5.41, 5.74) is 0. The average molecular weight is 186 g/mol. The summed E-state index contributed by atoms with van der Waals surface area (Å²) >= 11 is 0. The summed E-state index contributed by atoms with van der Waals surface area (Å²) in [5, 5.41) is 13.9. The second-order valence-electron chi connectivity index (χ2n) is 2.45. The van der Waals surface area contributed by atoms with Crippen LogP contribution >= 0.6 is 0 Å². The van der Waals surface area contributed by atoms with Crippen LogP contribution < -0.4 is 0 Å². The van der Waals surface area contributed by atoms with Crippen molar-refractivity contribution < 1.29 is 15.0 Å². The Hall–Kier alpha value is -1.17. The number of hydrogen-bond donors (Lipinski definition) is 2. The Kier molecular flexibility index (Phi) is 14.8. The molecule has 0 unspecified atom stereocenters. The summed E-state index contributed by atoms with van der Waals surface area (Å²) in [6, 6.07) is 0. The molecule has 0 aromatic rings. The van der Waals surface area contributed by atoms with E-state index in [9.17, 15) is 0 Å². The van der Waals surface area contributed by atoms with Crippen molar-refractivity contribution in [3.8, 4) is 11.8 Å². The second kappa shape index (κ2) is 13.4. The van der Waals surface area contributed by atoms with Crippen molar-refractivity contribution in [3.63, 3.8) is 0 Å². The molecule has 2 N–H and O–H groups in total. The predicted octanol–water partition coefficient (Wildman–Crippen LogP) is 3.20. The summed E-state index contributed by atoms with van der Waals surface area (Å²) in [5.74, 6) is 6.18. The van der Waals surface area contributed by atoms with E-state index in [0.29, 0.717) is 0 Å². The maximum atomic E-state index is 8.56. The zero-order chi connectivity index (χ0) is 10.5. The van der Waals surface area contributed by atoms with E-state index in [1.54, 1.807) is 0 Å². The van der Waals surface area contributed by atoms with Gasteiger partial charge in [-0.3, -0.25) is 0 Å².